The quantitative estimate of drug-likeness (QED) is 0.807. The third-order valence-electron chi connectivity index (χ3n) is 3.10. The zero-order valence-electron chi connectivity index (χ0n) is 14.8. The molecule has 0 aliphatic heterocycles. The summed E-state index contributed by atoms with van der Waals surface area (Å²) in [5.41, 5.74) is -0.374. The second-order valence-corrected chi connectivity index (χ2v) is 6.51. The van der Waals surface area contributed by atoms with Crippen molar-refractivity contribution >= 4 is 11.8 Å². The van der Waals surface area contributed by atoms with E-state index in [1.807, 2.05) is 0 Å². The lowest BCUT2D eigenvalue weighted by Gasteiger charge is -2.27. The van der Waals surface area contributed by atoms with Gasteiger partial charge in [-0.2, -0.15) is 0 Å². The lowest BCUT2D eigenvalue weighted by atomic mass is 9.95. The smallest absolute Gasteiger partial charge is 0.412 e. The van der Waals surface area contributed by atoms with Crippen molar-refractivity contribution in [2.75, 3.05) is 19.5 Å². The van der Waals surface area contributed by atoms with E-state index in [0.717, 1.165) is 0 Å². The van der Waals surface area contributed by atoms with Crippen molar-refractivity contribution in [2.24, 2.45) is 5.90 Å². The minimum Gasteiger partial charge on any atom is -0.493 e. The van der Waals surface area contributed by atoms with Crippen molar-refractivity contribution in [2.45, 2.75) is 45.8 Å². The first-order valence-corrected chi connectivity index (χ1v) is 7.18. The van der Waals surface area contributed by atoms with Gasteiger partial charge in [0.1, 0.15) is 11.2 Å². The largest absolute Gasteiger partial charge is 0.493 e. The Morgan fingerprint density at radius 2 is 1.57 bits per heavy atom. The van der Waals surface area contributed by atoms with Gasteiger partial charge >= 0.3 is 6.09 Å². The molecular weight excluding hydrogens is 300 g/mol. The first-order chi connectivity index (χ1) is 10.5. The molecule has 0 fully saturated rings. The number of hydrogen-bond acceptors (Lipinski definition) is 6. The van der Waals surface area contributed by atoms with Gasteiger partial charge in [-0.05, 0) is 40.7 Å². The molecule has 0 spiro atoms. The second-order valence-electron chi connectivity index (χ2n) is 6.51. The summed E-state index contributed by atoms with van der Waals surface area (Å²) in [7, 11) is 3.04. The number of carbonyl (C=O) groups excluding carboxylic acids is 1. The number of anilines is 1. The highest BCUT2D eigenvalue weighted by atomic mass is 16.6. The highest BCUT2D eigenvalue weighted by molar-refractivity contribution is 5.87. The Morgan fingerprint density at radius 1 is 1.04 bits per heavy atom. The minimum absolute atomic E-state index is 0.465. The van der Waals surface area contributed by atoms with Gasteiger partial charge in [-0.25, -0.2) is 10.7 Å². The number of nitrogens with two attached hydrogens (primary N) is 1. The topological polar surface area (TPSA) is 92.0 Å². The summed E-state index contributed by atoms with van der Waals surface area (Å²) >= 11 is 0. The second kappa shape index (κ2) is 7.06. The SMILES string of the molecule is COc1cc(NC(=O)OC(C)(C)C)c(C(C)(C)ON)cc1OC. The Balaban J connectivity index is 3.30. The highest BCUT2D eigenvalue weighted by Gasteiger charge is 2.28. The molecule has 0 aromatic heterocycles. The van der Waals surface area contributed by atoms with Crippen molar-refractivity contribution in [3.05, 3.63) is 17.7 Å². The molecule has 1 amide bonds. The van der Waals surface area contributed by atoms with Crippen LogP contribution in [0.15, 0.2) is 12.1 Å². The van der Waals surface area contributed by atoms with Crippen LogP contribution in [0.4, 0.5) is 10.5 Å². The molecule has 0 aliphatic rings. The Morgan fingerprint density at radius 3 is 2.00 bits per heavy atom. The van der Waals surface area contributed by atoms with Crippen LogP contribution in [0.2, 0.25) is 0 Å². The Bertz CT molecular complexity index is 564. The van der Waals surface area contributed by atoms with Gasteiger partial charge in [0.05, 0.1) is 19.9 Å². The van der Waals surface area contributed by atoms with Crippen LogP contribution in [-0.2, 0) is 15.2 Å². The van der Waals surface area contributed by atoms with Gasteiger partial charge in [-0.15, -0.1) is 0 Å². The van der Waals surface area contributed by atoms with E-state index in [1.165, 1.54) is 14.2 Å². The molecule has 0 saturated carbocycles. The summed E-state index contributed by atoms with van der Waals surface area (Å²) in [6, 6.07) is 3.34. The molecule has 0 aliphatic carbocycles. The molecule has 7 nitrogen and oxygen atoms in total. The number of benzene rings is 1. The van der Waals surface area contributed by atoms with Crippen LogP contribution in [0.5, 0.6) is 11.5 Å². The van der Waals surface area contributed by atoms with E-state index >= 15 is 0 Å². The molecule has 1 rings (SSSR count). The maximum atomic E-state index is 12.1. The van der Waals surface area contributed by atoms with Crippen molar-refractivity contribution in [3.63, 3.8) is 0 Å². The molecule has 0 heterocycles. The fourth-order valence-electron chi connectivity index (χ4n) is 1.96. The fraction of sp³-hybridized carbons (Fsp3) is 0.562. The zero-order valence-corrected chi connectivity index (χ0v) is 14.8. The Kier molecular flexibility index (Phi) is 5.85. The van der Waals surface area contributed by atoms with Gasteiger partial charge in [-0.3, -0.25) is 10.2 Å². The number of methoxy groups -OCH3 is 2. The van der Waals surface area contributed by atoms with Gasteiger partial charge in [0.2, 0.25) is 0 Å². The van der Waals surface area contributed by atoms with Crippen molar-refractivity contribution < 1.29 is 23.8 Å². The average molecular weight is 326 g/mol. The molecule has 7 heteroatoms. The molecule has 23 heavy (non-hydrogen) atoms. The highest BCUT2D eigenvalue weighted by Crippen LogP contribution is 2.39. The molecule has 1 aromatic rings. The molecule has 1 aromatic carbocycles. The maximum absolute atomic E-state index is 12.1. The lowest BCUT2D eigenvalue weighted by molar-refractivity contribution is -0.0232. The van der Waals surface area contributed by atoms with Crippen LogP contribution >= 0.6 is 0 Å². The maximum Gasteiger partial charge on any atom is 0.412 e. The minimum atomic E-state index is -0.857. The number of carbonyl (C=O) groups is 1. The van der Waals surface area contributed by atoms with Gasteiger partial charge < -0.3 is 14.2 Å². The van der Waals surface area contributed by atoms with Crippen molar-refractivity contribution in [1.29, 1.82) is 0 Å². The first-order valence-electron chi connectivity index (χ1n) is 7.18. The zero-order chi connectivity index (χ0) is 17.8. The van der Waals surface area contributed by atoms with Gasteiger partial charge in [0.25, 0.3) is 0 Å². The fourth-order valence-corrected chi connectivity index (χ4v) is 1.96. The van der Waals surface area contributed by atoms with Crippen LogP contribution in [0.3, 0.4) is 0 Å². The summed E-state index contributed by atoms with van der Waals surface area (Å²) < 4.78 is 15.8. The lowest BCUT2D eigenvalue weighted by Crippen LogP contribution is -2.30. The molecule has 0 bridgehead atoms. The van der Waals surface area contributed by atoms with Crippen LogP contribution in [0.1, 0.15) is 40.2 Å². The van der Waals surface area contributed by atoms with Crippen LogP contribution < -0.4 is 20.7 Å². The van der Waals surface area contributed by atoms with E-state index in [1.54, 1.807) is 46.8 Å². The normalized spacial score (nSPS) is 11.8. The predicted octanol–water partition coefficient (Wildman–Crippen LogP) is 3.18. The average Bonchev–Trinajstić information content (AvgIpc) is 2.44. The summed E-state index contributed by atoms with van der Waals surface area (Å²) in [5, 5.41) is 2.70. The number of rotatable bonds is 5. The molecule has 0 saturated heterocycles. The van der Waals surface area contributed by atoms with E-state index in [2.05, 4.69) is 5.32 Å². The number of ether oxygens (including phenoxy) is 3. The van der Waals surface area contributed by atoms with Crippen LogP contribution in [-0.4, -0.2) is 25.9 Å². The molecule has 0 unspecified atom stereocenters. The monoisotopic (exact) mass is 326 g/mol. The molecule has 130 valence electrons. The first kappa shape index (κ1) is 19.1. The van der Waals surface area contributed by atoms with E-state index in [0.29, 0.717) is 22.7 Å². The van der Waals surface area contributed by atoms with Crippen molar-refractivity contribution in [3.8, 4) is 11.5 Å². The molecular formula is C16H26N2O5. The summed E-state index contributed by atoms with van der Waals surface area (Å²) in [4.78, 5) is 17.1. The number of amides is 1. The summed E-state index contributed by atoms with van der Waals surface area (Å²) in [6.45, 7) is 8.90. The third kappa shape index (κ3) is 5.01. The molecule has 0 atom stereocenters. The third-order valence-corrected chi connectivity index (χ3v) is 3.10. The summed E-state index contributed by atoms with van der Waals surface area (Å²) in [6.07, 6.45) is -0.584. The van der Waals surface area contributed by atoms with E-state index < -0.39 is 17.3 Å². The number of hydrogen-bond donors (Lipinski definition) is 2. The summed E-state index contributed by atoms with van der Waals surface area (Å²) in [5.74, 6) is 6.36. The Labute approximate surface area is 137 Å². The van der Waals surface area contributed by atoms with Gasteiger partial charge in [0.15, 0.2) is 11.5 Å². The van der Waals surface area contributed by atoms with E-state index in [9.17, 15) is 4.79 Å². The number of nitrogens with one attached hydrogen (secondary N) is 1. The van der Waals surface area contributed by atoms with Gasteiger partial charge in [-0.1, -0.05) is 0 Å². The van der Waals surface area contributed by atoms with E-state index in [-0.39, 0.29) is 0 Å². The standard InChI is InChI=1S/C16H26N2O5/c1-15(2,3)22-14(19)18-11-9-13(21-7)12(20-6)8-10(11)16(4,5)23-17/h8-9H,17H2,1-7H3,(H,18,19). The predicted molar refractivity (Wildman–Crippen MR) is 87.7 cm³/mol. The molecule has 3 N–H and O–H groups in total. The van der Waals surface area contributed by atoms with Gasteiger partial charge in [0, 0.05) is 11.6 Å². The van der Waals surface area contributed by atoms with Crippen LogP contribution in [0.25, 0.3) is 0 Å². The van der Waals surface area contributed by atoms with E-state index in [4.69, 9.17) is 24.9 Å². The Hall–Kier alpha value is -1.99. The molecule has 0 radical (unpaired) electrons. The van der Waals surface area contributed by atoms with Crippen molar-refractivity contribution in [1.82, 2.24) is 0 Å². The van der Waals surface area contributed by atoms with Crippen LogP contribution in [0, 0.1) is 0 Å².